The molecule has 144 valence electrons. The number of rotatable bonds is 16. The van der Waals surface area contributed by atoms with E-state index < -0.39 is 0 Å². The average molecular weight is 349 g/mol. The van der Waals surface area contributed by atoms with Crippen LogP contribution in [0.2, 0.25) is 11.6 Å². The summed E-state index contributed by atoms with van der Waals surface area (Å²) in [6.07, 6.45) is 9.04. The quantitative estimate of drug-likeness (QED) is 0.135. The lowest BCUT2D eigenvalue weighted by atomic mass is 9.50. The first-order valence-corrected chi connectivity index (χ1v) is 9.81. The maximum atomic E-state index is 10.3. The fourth-order valence-corrected chi connectivity index (χ4v) is 3.05. The van der Waals surface area contributed by atoms with Gasteiger partial charge in [0.1, 0.15) is 7.28 Å². The minimum Gasteiger partial charge on any atom is -0.377 e. The van der Waals surface area contributed by atoms with Gasteiger partial charge >= 0.3 is 0 Å². The van der Waals surface area contributed by atoms with Gasteiger partial charge in [-0.1, -0.05) is 77.3 Å². The minimum atomic E-state index is 0.341. The zero-order chi connectivity index (χ0) is 19.3. The van der Waals surface area contributed by atoms with Gasteiger partial charge in [0.25, 0.3) is 0 Å². The standard InChI is InChI=1S/C21H40BNO2/c1-18(2)17-25-16-14-20(4,5)12-10-13-21(6,7)22-15-9-8-11-19(3)23-24/h22H,1,3,8-17H2,2,4-7H3. The highest BCUT2D eigenvalue weighted by atomic mass is 16.5. The second-order valence-corrected chi connectivity index (χ2v) is 9.16. The Hall–Kier alpha value is -0.895. The number of allylic oxidation sites excluding steroid dienone is 1. The maximum Gasteiger partial charge on any atom is 0.127 e. The third-order valence-electron chi connectivity index (χ3n) is 4.93. The number of hydrogen-bond donors (Lipinski definition) is 0. The summed E-state index contributed by atoms with van der Waals surface area (Å²) >= 11 is 0. The molecule has 0 heterocycles. The Morgan fingerprint density at radius 2 is 1.72 bits per heavy atom. The van der Waals surface area contributed by atoms with Gasteiger partial charge in [-0.3, -0.25) is 0 Å². The van der Waals surface area contributed by atoms with Crippen LogP contribution in [0, 0.1) is 10.3 Å². The summed E-state index contributed by atoms with van der Waals surface area (Å²) in [7, 11) is 1.25. The van der Waals surface area contributed by atoms with E-state index in [1.165, 1.54) is 32.9 Å². The summed E-state index contributed by atoms with van der Waals surface area (Å²) in [4.78, 5) is 10.3. The molecular formula is C21H40BNO2. The van der Waals surface area contributed by atoms with Crippen LogP contribution in [0.4, 0.5) is 0 Å². The molecule has 0 aliphatic rings. The van der Waals surface area contributed by atoms with E-state index in [-0.39, 0.29) is 0 Å². The van der Waals surface area contributed by atoms with Crippen molar-refractivity contribution < 1.29 is 4.74 Å². The van der Waals surface area contributed by atoms with E-state index in [1.54, 1.807) is 0 Å². The first-order valence-electron chi connectivity index (χ1n) is 9.81. The van der Waals surface area contributed by atoms with Crippen LogP contribution in [-0.4, -0.2) is 20.5 Å². The molecule has 0 amide bonds. The molecule has 25 heavy (non-hydrogen) atoms. The lowest BCUT2D eigenvalue weighted by Crippen LogP contribution is -2.17. The fraction of sp³-hybridized carbons (Fsp3) is 0.810. The summed E-state index contributed by atoms with van der Waals surface area (Å²) in [6.45, 7) is 20.4. The smallest absolute Gasteiger partial charge is 0.127 e. The number of unbranched alkanes of at least 4 members (excludes halogenated alkanes) is 1. The predicted octanol–water partition coefficient (Wildman–Crippen LogP) is 6.67. The summed E-state index contributed by atoms with van der Waals surface area (Å²) < 4.78 is 5.65. The van der Waals surface area contributed by atoms with Gasteiger partial charge in [0.2, 0.25) is 0 Å². The molecule has 0 spiro atoms. The molecule has 0 aliphatic carbocycles. The highest BCUT2D eigenvalue weighted by Crippen LogP contribution is 2.35. The monoisotopic (exact) mass is 349 g/mol. The molecule has 0 aliphatic heterocycles. The fourth-order valence-electron chi connectivity index (χ4n) is 3.05. The molecule has 0 radical (unpaired) electrons. The molecule has 0 bridgehead atoms. The van der Waals surface area contributed by atoms with E-state index in [0.29, 0.717) is 23.0 Å². The van der Waals surface area contributed by atoms with Crippen molar-refractivity contribution in [1.82, 2.24) is 0 Å². The van der Waals surface area contributed by atoms with Gasteiger partial charge in [-0.15, -0.1) is 4.91 Å². The van der Waals surface area contributed by atoms with Gasteiger partial charge in [0.15, 0.2) is 0 Å². The second-order valence-electron chi connectivity index (χ2n) is 9.16. The van der Waals surface area contributed by atoms with Gasteiger partial charge in [-0.2, -0.15) is 0 Å². The highest BCUT2D eigenvalue weighted by molar-refractivity contribution is 6.39. The molecule has 0 aromatic carbocycles. The number of hydrogen-bond acceptors (Lipinski definition) is 3. The van der Waals surface area contributed by atoms with Gasteiger partial charge in [-0.05, 0) is 43.2 Å². The molecule has 0 saturated carbocycles. The number of nitrogens with zero attached hydrogens (tertiary/aromatic N) is 1. The summed E-state index contributed by atoms with van der Waals surface area (Å²) in [5.74, 6) is 0. The molecule has 0 unspecified atom stereocenters. The Morgan fingerprint density at radius 1 is 1.04 bits per heavy atom. The first kappa shape index (κ1) is 24.1. The van der Waals surface area contributed by atoms with Crippen molar-refractivity contribution in [2.75, 3.05) is 13.2 Å². The van der Waals surface area contributed by atoms with Crippen LogP contribution in [0.15, 0.2) is 29.6 Å². The third-order valence-corrected chi connectivity index (χ3v) is 4.93. The Kier molecular flexibility index (Phi) is 12.0. The van der Waals surface area contributed by atoms with Gasteiger partial charge in [0.05, 0.1) is 12.3 Å². The molecule has 0 N–H and O–H groups in total. The minimum absolute atomic E-state index is 0.341. The Bertz CT molecular complexity index is 416. The van der Waals surface area contributed by atoms with E-state index in [1.807, 2.05) is 6.92 Å². The third kappa shape index (κ3) is 15.1. The Morgan fingerprint density at radius 3 is 2.32 bits per heavy atom. The molecule has 0 atom stereocenters. The Balaban J connectivity index is 3.85. The van der Waals surface area contributed by atoms with E-state index >= 15 is 0 Å². The predicted molar refractivity (Wildman–Crippen MR) is 113 cm³/mol. The van der Waals surface area contributed by atoms with Crippen molar-refractivity contribution in [2.45, 2.75) is 91.2 Å². The van der Waals surface area contributed by atoms with E-state index in [0.717, 1.165) is 37.9 Å². The second kappa shape index (κ2) is 12.5. The molecular weight excluding hydrogens is 309 g/mol. The molecule has 3 nitrogen and oxygen atoms in total. The molecule has 0 rings (SSSR count). The van der Waals surface area contributed by atoms with Crippen molar-refractivity contribution in [3.05, 3.63) is 29.3 Å². The zero-order valence-electron chi connectivity index (χ0n) is 17.5. The van der Waals surface area contributed by atoms with Crippen LogP contribution in [0.5, 0.6) is 0 Å². The number of nitroso groups, excluding NO2 is 1. The van der Waals surface area contributed by atoms with Crippen LogP contribution >= 0.6 is 0 Å². The lowest BCUT2D eigenvalue weighted by molar-refractivity contribution is 0.116. The topological polar surface area (TPSA) is 38.7 Å². The van der Waals surface area contributed by atoms with Crippen LogP contribution in [0.1, 0.15) is 79.6 Å². The maximum absolute atomic E-state index is 10.3. The molecule has 4 heteroatoms. The van der Waals surface area contributed by atoms with Crippen molar-refractivity contribution in [3.8, 4) is 0 Å². The molecule has 0 fully saturated rings. The van der Waals surface area contributed by atoms with Crippen LogP contribution in [0.3, 0.4) is 0 Å². The SMILES string of the molecule is C=C(C)COCCC(C)(C)CCCC(C)(C)BCCCCC(=C)N=O. The normalized spacial score (nSPS) is 12.0. The summed E-state index contributed by atoms with van der Waals surface area (Å²) in [5, 5.41) is 3.27. The van der Waals surface area contributed by atoms with E-state index in [4.69, 9.17) is 4.74 Å². The molecule has 0 saturated heterocycles. The zero-order valence-corrected chi connectivity index (χ0v) is 17.5. The van der Waals surface area contributed by atoms with Gasteiger partial charge < -0.3 is 4.74 Å². The lowest BCUT2D eigenvalue weighted by Gasteiger charge is -2.28. The highest BCUT2D eigenvalue weighted by Gasteiger charge is 2.22. The van der Waals surface area contributed by atoms with Crippen molar-refractivity contribution in [1.29, 1.82) is 0 Å². The molecule has 0 aromatic heterocycles. The first-order chi connectivity index (χ1) is 11.6. The largest absolute Gasteiger partial charge is 0.377 e. The van der Waals surface area contributed by atoms with Crippen molar-refractivity contribution in [3.63, 3.8) is 0 Å². The summed E-state index contributed by atoms with van der Waals surface area (Å²) in [5.41, 5.74) is 1.91. The van der Waals surface area contributed by atoms with Crippen molar-refractivity contribution in [2.24, 2.45) is 10.6 Å². The summed E-state index contributed by atoms with van der Waals surface area (Å²) in [6, 6.07) is 0. The van der Waals surface area contributed by atoms with Gasteiger partial charge in [0, 0.05) is 6.61 Å². The van der Waals surface area contributed by atoms with Crippen LogP contribution in [0.25, 0.3) is 0 Å². The molecule has 0 aromatic rings. The van der Waals surface area contributed by atoms with E-state index in [2.05, 4.69) is 46.0 Å². The van der Waals surface area contributed by atoms with Gasteiger partial charge in [-0.25, -0.2) is 0 Å². The van der Waals surface area contributed by atoms with E-state index in [9.17, 15) is 4.91 Å². The van der Waals surface area contributed by atoms with Crippen molar-refractivity contribution >= 4 is 7.28 Å². The average Bonchev–Trinajstić information content (AvgIpc) is 2.50. The number of ether oxygens (including phenoxy) is 1. The Labute approximate surface area is 156 Å². The van der Waals surface area contributed by atoms with Crippen LogP contribution < -0.4 is 0 Å². The van der Waals surface area contributed by atoms with Crippen LogP contribution in [-0.2, 0) is 4.74 Å².